The Hall–Kier alpha value is -4.39. The van der Waals surface area contributed by atoms with Gasteiger partial charge in [-0.15, -0.1) is 0 Å². The molecule has 1 heterocycles. The number of aromatic amines is 1. The van der Waals surface area contributed by atoms with Gasteiger partial charge in [0.25, 0.3) is 5.91 Å². The Kier molecular flexibility index (Phi) is 8.35. The fourth-order valence-electron chi connectivity index (χ4n) is 4.48. The van der Waals surface area contributed by atoms with E-state index in [0.29, 0.717) is 5.56 Å². The first-order valence-electron chi connectivity index (χ1n) is 12.6. The zero-order valence-corrected chi connectivity index (χ0v) is 23.9. The van der Waals surface area contributed by atoms with Crippen molar-refractivity contribution in [3.8, 4) is 16.9 Å². The minimum absolute atomic E-state index is 0.00156. The molecule has 3 aromatic carbocycles. The van der Waals surface area contributed by atoms with E-state index in [2.05, 4.69) is 20.0 Å². The van der Waals surface area contributed by atoms with Gasteiger partial charge in [-0.25, -0.2) is 13.2 Å². The molecule has 0 saturated carbocycles. The Bertz CT molecular complexity index is 1790. The Morgan fingerprint density at radius 3 is 2.36 bits per heavy atom. The summed E-state index contributed by atoms with van der Waals surface area (Å²) in [6.07, 6.45) is -4.74. The second-order valence-corrected chi connectivity index (χ2v) is 12.7. The van der Waals surface area contributed by atoms with Crippen LogP contribution >= 0.6 is 0 Å². The number of nitrogens with zero attached hydrogens (tertiary/aromatic N) is 1. The third-order valence-electron chi connectivity index (χ3n) is 6.11. The lowest BCUT2D eigenvalue weighted by atomic mass is 9.93. The monoisotopic (exact) mass is 603 g/mol. The number of hydrogen-bond donors (Lipinski definition) is 2. The fourth-order valence-corrected chi connectivity index (χ4v) is 6.50. The number of anilines is 1. The number of methoxy groups -OCH3 is 1. The van der Waals surface area contributed by atoms with E-state index in [-0.39, 0.29) is 51.0 Å². The summed E-state index contributed by atoms with van der Waals surface area (Å²) in [4.78, 5) is 26.9. The predicted molar refractivity (Wildman–Crippen MR) is 149 cm³/mol. The van der Waals surface area contributed by atoms with E-state index >= 15 is 0 Å². The van der Waals surface area contributed by atoms with E-state index < -0.39 is 38.7 Å². The number of hydrogen-bond acceptors (Lipinski definition) is 7. The molecule has 1 aromatic heterocycles. The number of ether oxygens (including phenoxy) is 1. The average Bonchev–Trinajstić information content (AvgIpc) is 3.30. The molecular weight excluding hydrogens is 575 g/mol. The van der Waals surface area contributed by atoms with Crippen molar-refractivity contribution in [2.24, 2.45) is 5.41 Å². The van der Waals surface area contributed by atoms with Gasteiger partial charge in [0.05, 0.1) is 18.4 Å². The van der Waals surface area contributed by atoms with E-state index in [1.54, 1.807) is 20.8 Å². The molecule has 0 unspecified atom stereocenters. The first-order valence-corrected chi connectivity index (χ1v) is 14.3. The Labute approximate surface area is 239 Å². The molecule has 13 heteroatoms. The summed E-state index contributed by atoms with van der Waals surface area (Å²) >= 11 is 0. The van der Waals surface area contributed by atoms with Crippen molar-refractivity contribution in [1.29, 1.82) is 0 Å². The van der Waals surface area contributed by atoms with Gasteiger partial charge in [-0.3, -0.25) is 14.3 Å². The standard InChI is InChI=1S/C29H28F3N3O6S/c1-28(2,3)16-42(38,39)24-12-9-17(14-23(24)40-4)26(36)33-19-10-11-20(18(13-19)15-25-34-27(37)41-35-25)21-7-5-6-8-22(21)29(30,31)32/h5-14H,15-16H2,1-4H3,(H,33,36)(H,34,35,37). The second-order valence-electron chi connectivity index (χ2n) is 10.8. The summed E-state index contributed by atoms with van der Waals surface area (Å²) in [5, 5.41) is 6.29. The van der Waals surface area contributed by atoms with E-state index in [4.69, 9.17) is 4.74 Å². The van der Waals surface area contributed by atoms with Crippen molar-refractivity contribution in [2.45, 2.75) is 38.3 Å². The van der Waals surface area contributed by atoms with Gasteiger partial charge < -0.3 is 10.1 Å². The van der Waals surface area contributed by atoms with Crippen LogP contribution in [0.3, 0.4) is 0 Å². The van der Waals surface area contributed by atoms with Crippen LogP contribution in [0.25, 0.3) is 11.1 Å². The quantitative estimate of drug-likeness (QED) is 0.263. The Morgan fingerprint density at radius 2 is 1.74 bits per heavy atom. The molecule has 4 rings (SSSR count). The average molecular weight is 604 g/mol. The molecule has 0 bridgehead atoms. The summed E-state index contributed by atoms with van der Waals surface area (Å²) < 4.78 is 77.1. The minimum Gasteiger partial charge on any atom is -0.495 e. The lowest BCUT2D eigenvalue weighted by Gasteiger charge is -2.19. The highest BCUT2D eigenvalue weighted by molar-refractivity contribution is 7.91. The molecule has 9 nitrogen and oxygen atoms in total. The van der Waals surface area contributed by atoms with Crippen LogP contribution in [-0.2, 0) is 22.4 Å². The van der Waals surface area contributed by atoms with Crippen LogP contribution in [0.1, 0.15) is 48.1 Å². The maximum Gasteiger partial charge on any atom is 0.438 e. The van der Waals surface area contributed by atoms with Gasteiger partial charge in [0.2, 0.25) is 0 Å². The normalized spacial score (nSPS) is 12.3. The van der Waals surface area contributed by atoms with Gasteiger partial charge in [-0.05, 0) is 58.5 Å². The first kappa shape index (κ1) is 30.6. The summed E-state index contributed by atoms with van der Waals surface area (Å²) in [5.74, 6) is -1.50. The SMILES string of the molecule is COc1cc(C(=O)Nc2ccc(-c3ccccc3C(F)(F)F)c(Cc3noc(=O)[nH]3)c2)ccc1S(=O)(=O)CC(C)(C)C. The minimum atomic E-state index is -4.63. The molecule has 0 radical (unpaired) electrons. The molecule has 0 aliphatic heterocycles. The van der Waals surface area contributed by atoms with Gasteiger partial charge in [-0.1, -0.05) is 50.2 Å². The van der Waals surface area contributed by atoms with Crippen molar-refractivity contribution in [1.82, 2.24) is 10.1 Å². The molecule has 2 N–H and O–H groups in total. The predicted octanol–water partition coefficient (Wildman–Crippen LogP) is 5.72. The number of aromatic nitrogens is 2. The number of carbonyl (C=O) groups is 1. The number of halogens is 3. The summed E-state index contributed by atoms with van der Waals surface area (Å²) in [6.45, 7) is 5.38. The fraction of sp³-hybridized carbons (Fsp3) is 0.276. The van der Waals surface area contributed by atoms with Crippen molar-refractivity contribution in [3.05, 3.63) is 93.7 Å². The van der Waals surface area contributed by atoms with E-state index in [1.165, 1.54) is 61.7 Å². The van der Waals surface area contributed by atoms with E-state index in [9.17, 15) is 31.2 Å². The van der Waals surface area contributed by atoms with Crippen LogP contribution in [0.15, 0.2) is 74.9 Å². The molecule has 0 aliphatic rings. The highest BCUT2D eigenvalue weighted by atomic mass is 32.2. The lowest BCUT2D eigenvalue weighted by molar-refractivity contribution is -0.137. The van der Waals surface area contributed by atoms with Crippen molar-refractivity contribution >= 4 is 21.4 Å². The smallest absolute Gasteiger partial charge is 0.438 e. The van der Waals surface area contributed by atoms with Gasteiger partial charge in [-0.2, -0.15) is 13.2 Å². The number of nitrogens with one attached hydrogen (secondary N) is 2. The van der Waals surface area contributed by atoms with Crippen LogP contribution in [0, 0.1) is 5.41 Å². The number of carbonyl (C=O) groups excluding carboxylic acids is 1. The van der Waals surface area contributed by atoms with Gasteiger partial charge in [0, 0.05) is 17.7 Å². The molecular formula is C29H28F3N3O6S. The second kappa shape index (κ2) is 11.5. The van der Waals surface area contributed by atoms with E-state index in [0.717, 1.165) is 6.07 Å². The van der Waals surface area contributed by atoms with Crippen molar-refractivity contribution in [3.63, 3.8) is 0 Å². The lowest BCUT2D eigenvalue weighted by Crippen LogP contribution is -2.21. The van der Waals surface area contributed by atoms with Crippen molar-refractivity contribution < 1.29 is 35.6 Å². The molecule has 0 spiro atoms. The molecule has 222 valence electrons. The Morgan fingerprint density at radius 1 is 1.02 bits per heavy atom. The number of rotatable bonds is 8. The topological polar surface area (TPSA) is 131 Å². The van der Waals surface area contributed by atoms with Crippen LogP contribution in [0.5, 0.6) is 5.75 Å². The maximum atomic E-state index is 13.8. The molecule has 42 heavy (non-hydrogen) atoms. The van der Waals surface area contributed by atoms with Crippen LogP contribution in [0.4, 0.5) is 18.9 Å². The number of sulfone groups is 1. The summed E-state index contributed by atoms with van der Waals surface area (Å²) in [7, 11) is -2.42. The van der Waals surface area contributed by atoms with Gasteiger partial charge >= 0.3 is 11.9 Å². The molecule has 1 amide bonds. The zero-order valence-electron chi connectivity index (χ0n) is 23.1. The summed E-state index contributed by atoms with van der Waals surface area (Å²) in [6, 6.07) is 13.3. The van der Waals surface area contributed by atoms with Gasteiger partial charge in [0.1, 0.15) is 10.6 Å². The Balaban J connectivity index is 1.70. The number of alkyl halides is 3. The van der Waals surface area contributed by atoms with Crippen LogP contribution < -0.4 is 15.8 Å². The number of amides is 1. The third-order valence-corrected chi connectivity index (χ3v) is 8.37. The molecule has 0 fully saturated rings. The largest absolute Gasteiger partial charge is 0.495 e. The van der Waals surface area contributed by atoms with Crippen LogP contribution in [-0.4, -0.2) is 37.3 Å². The molecule has 0 saturated heterocycles. The van der Waals surface area contributed by atoms with E-state index in [1.807, 2.05) is 0 Å². The summed E-state index contributed by atoms with van der Waals surface area (Å²) in [5.41, 5.74) is -0.614. The maximum absolute atomic E-state index is 13.8. The molecule has 4 aromatic rings. The number of H-pyrrole nitrogens is 1. The zero-order chi connectivity index (χ0) is 30.9. The highest BCUT2D eigenvalue weighted by Gasteiger charge is 2.34. The third kappa shape index (κ3) is 7.08. The number of benzene rings is 3. The highest BCUT2D eigenvalue weighted by Crippen LogP contribution is 2.39. The van der Waals surface area contributed by atoms with Crippen LogP contribution in [0.2, 0.25) is 0 Å². The first-order chi connectivity index (χ1) is 19.6. The van der Waals surface area contributed by atoms with Crippen molar-refractivity contribution in [2.75, 3.05) is 18.2 Å². The van der Waals surface area contributed by atoms with Gasteiger partial charge in [0.15, 0.2) is 15.7 Å². The molecule has 0 atom stereocenters. The molecule has 0 aliphatic carbocycles.